The highest BCUT2D eigenvalue weighted by Gasteiger charge is 2.22. The van der Waals surface area contributed by atoms with Crippen molar-refractivity contribution in [3.63, 3.8) is 0 Å². The van der Waals surface area contributed by atoms with Gasteiger partial charge in [0.25, 0.3) is 0 Å². The molecular weight excluding hydrogens is 405 g/mol. The van der Waals surface area contributed by atoms with Crippen LogP contribution in [0, 0.1) is 13.8 Å². The van der Waals surface area contributed by atoms with E-state index >= 15 is 0 Å². The average Bonchev–Trinajstić information content (AvgIpc) is 2.70. The minimum atomic E-state index is -4.25. The van der Waals surface area contributed by atoms with Crippen molar-refractivity contribution in [1.82, 2.24) is 0 Å². The van der Waals surface area contributed by atoms with Gasteiger partial charge in [-0.05, 0) is 78.6 Å². The highest BCUT2D eigenvalue weighted by Crippen LogP contribution is 2.40. The Bertz CT molecular complexity index is 860. The molecule has 0 spiro atoms. The molecule has 8 heteroatoms. The fraction of sp³-hybridized carbons (Fsp3) is 0.455. The van der Waals surface area contributed by atoms with Crippen LogP contribution >= 0.6 is 7.60 Å². The van der Waals surface area contributed by atoms with Crippen LogP contribution in [-0.4, -0.2) is 29.7 Å². The molecular formula is C22H32NO6P. The maximum absolute atomic E-state index is 11.3. The van der Waals surface area contributed by atoms with Crippen molar-refractivity contribution in [3.8, 4) is 11.5 Å². The van der Waals surface area contributed by atoms with Crippen LogP contribution in [0.15, 0.2) is 24.3 Å². The molecule has 0 amide bonds. The summed E-state index contributed by atoms with van der Waals surface area (Å²) in [7, 11) is -4.25. The minimum absolute atomic E-state index is 0.115. The van der Waals surface area contributed by atoms with Crippen LogP contribution in [-0.2, 0) is 28.6 Å². The number of rotatable bonds is 11. The summed E-state index contributed by atoms with van der Waals surface area (Å²) in [6, 6.07) is 7.84. The van der Waals surface area contributed by atoms with E-state index in [4.69, 9.17) is 19.9 Å². The summed E-state index contributed by atoms with van der Waals surface area (Å²) in [6.45, 7) is 8.38. The fourth-order valence-electron chi connectivity index (χ4n) is 3.67. The molecule has 0 saturated carbocycles. The van der Waals surface area contributed by atoms with Crippen LogP contribution < -0.4 is 15.2 Å². The van der Waals surface area contributed by atoms with Gasteiger partial charge in [0.2, 0.25) is 0 Å². The highest BCUT2D eigenvalue weighted by atomic mass is 31.2. The summed E-state index contributed by atoms with van der Waals surface area (Å²) in [6.07, 6.45) is 1.57. The third-order valence-electron chi connectivity index (χ3n) is 5.17. The van der Waals surface area contributed by atoms with Crippen LogP contribution in [0.25, 0.3) is 0 Å². The molecule has 4 N–H and O–H groups in total. The molecule has 0 heterocycles. The van der Waals surface area contributed by atoms with Gasteiger partial charge in [-0.1, -0.05) is 26.0 Å². The van der Waals surface area contributed by atoms with Crippen LogP contribution in [0.3, 0.4) is 0 Å². The second-order valence-electron chi connectivity index (χ2n) is 7.11. The lowest BCUT2D eigenvalue weighted by Crippen LogP contribution is -2.10. The molecule has 0 saturated heterocycles. The molecule has 2 aromatic rings. The number of ether oxygens (including phenoxy) is 3. The van der Waals surface area contributed by atoms with Gasteiger partial charge in [-0.3, -0.25) is 4.57 Å². The lowest BCUT2D eigenvalue weighted by molar-refractivity contribution is 0.0187. The number of benzene rings is 2. The lowest BCUT2D eigenvalue weighted by atomic mass is 9.86. The Morgan fingerprint density at radius 1 is 0.933 bits per heavy atom. The smallest absolute Gasteiger partial charge is 0.362 e. The Morgan fingerprint density at radius 3 is 1.97 bits per heavy atom. The Balaban J connectivity index is 2.35. The van der Waals surface area contributed by atoms with Crippen LogP contribution in [0.2, 0.25) is 0 Å². The summed E-state index contributed by atoms with van der Waals surface area (Å²) in [5, 5.41) is 0. The van der Waals surface area contributed by atoms with E-state index in [0.717, 1.165) is 47.1 Å². The van der Waals surface area contributed by atoms with E-state index in [9.17, 15) is 14.4 Å². The molecule has 0 aliphatic carbocycles. The van der Waals surface area contributed by atoms with E-state index in [0.29, 0.717) is 11.5 Å². The Hall–Kier alpha value is -1.89. The second-order valence-corrected chi connectivity index (χ2v) is 8.70. The molecule has 0 radical (unpaired) electrons. The quantitative estimate of drug-likeness (QED) is 0.278. The standard InChI is InChI=1S/C22H32NO6P/c1-5-19-15(3)21(11-17-7-9-18(10-8-17)28-13-27-12-23)16(4)20(6-2)22(19)29-14-30(24,25)26/h7-10H,5-6,11-14,23H2,1-4H3,(H2,24,25,26). The zero-order valence-corrected chi connectivity index (χ0v) is 19.0. The maximum Gasteiger partial charge on any atom is 0.362 e. The van der Waals surface area contributed by atoms with E-state index in [-0.39, 0.29) is 13.5 Å². The fourth-order valence-corrected chi connectivity index (χ4v) is 3.97. The second kappa shape index (κ2) is 10.9. The van der Waals surface area contributed by atoms with Crippen molar-refractivity contribution < 1.29 is 28.6 Å². The molecule has 7 nitrogen and oxygen atoms in total. The normalized spacial score (nSPS) is 11.6. The number of nitrogens with two attached hydrogens (primary N) is 1. The lowest BCUT2D eigenvalue weighted by Gasteiger charge is -2.23. The number of hydrogen-bond donors (Lipinski definition) is 3. The number of hydrogen-bond acceptors (Lipinski definition) is 5. The molecule has 166 valence electrons. The highest BCUT2D eigenvalue weighted by molar-refractivity contribution is 7.51. The van der Waals surface area contributed by atoms with E-state index in [1.54, 1.807) is 0 Å². The summed E-state index contributed by atoms with van der Waals surface area (Å²) in [4.78, 5) is 18.5. The summed E-state index contributed by atoms with van der Waals surface area (Å²) in [5.74, 6) is 1.33. The van der Waals surface area contributed by atoms with Gasteiger partial charge in [-0.2, -0.15) is 0 Å². The molecule has 2 aromatic carbocycles. The first kappa shape index (κ1) is 24.4. The molecule has 0 bridgehead atoms. The predicted octanol–water partition coefficient (Wildman–Crippen LogP) is 3.80. The van der Waals surface area contributed by atoms with Gasteiger partial charge >= 0.3 is 7.60 Å². The minimum Gasteiger partial charge on any atom is -0.480 e. The Labute approximate surface area is 178 Å². The third-order valence-corrected chi connectivity index (χ3v) is 5.64. The Kier molecular flexibility index (Phi) is 8.89. The molecule has 30 heavy (non-hydrogen) atoms. The summed E-state index contributed by atoms with van der Waals surface area (Å²) >= 11 is 0. The summed E-state index contributed by atoms with van der Waals surface area (Å²) < 4.78 is 27.4. The van der Waals surface area contributed by atoms with Crippen LogP contribution in [0.5, 0.6) is 11.5 Å². The van der Waals surface area contributed by atoms with Gasteiger partial charge in [0.15, 0.2) is 13.1 Å². The SMILES string of the molecule is CCc1c(C)c(Cc2ccc(OCOCN)cc2)c(C)c(CC)c1OCP(=O)(O)O. The van der Waals surface area contributed by atoms with E-state index < -0.39 is 13.9 Å². The van der Waals surface area contributed by atoms with Gasteiger partial charge in [0.1, 0.15) is 11.5 Å². The first-order valence-corrected chi connectivity index (χ1v) is 11.8. The van der Waals surface area contributed by atoms with E-state index in [2.05, 4.69) is 0 Å². The van der Waals surface area contributed by atoms with Gasteiger partial charge in [-0.15, -0.1) is 0 Å². The largest absolute Gasteiger partial charge is 0.480 e. The van der Waals surface area contributed by atoms with Crippen molar-refractivity contribution in [3.05, 3.63) is 57.6 Å². The monoisotopic (exact) mass is 437 g/mol. The molecule has 0 aromatic heterocycles. The maximum atomic E-state index is 11.3. The van der Waals surface area contributed by atoms with Crippen molar-refractivity contribution in [2.45, 2.75) is 47.0 Å². The molecule has 0 unspecified atom stereocenters. The average molecular weight is 437 g/mol. The molecule has 2 rings (SSSR count). The zero-order chi connectivity index (χ0) is 22.3. The van der Waals surface area contributed by atoms with Crippen molar-refractivity contribution in [2.24, 2.45) is 5.73 Å². The first-order valence-electron chi connectivity index (χ1n) is 10.0. The van der Waals surface area contributed by atoms with Crippen LogP contribution in [0.1, 0.15) is 47.2 Å². The first-order chi connectivity index (χ1) is 14.2. The van der Waals surface area contributed by atoms with Gasteiger partial charge in [0, 0.05) is 0 Å². The van der Waals surface area contributed by atoms with E-state index in [1.807, 2.05) is 52.0 Å². The zero-order valence-electron chi connectivity index (χ0n) is 18.1. The van der Waals surface area contributed by atoms with Crippen molar-refractivity contribution in [2.75, 3.05) is 19.9 Å². The van der Waals surface area contributed by atoms with Crippen molar-refractivity contribution >= 4 is 7.60 Å². The van der Waals surface area contributed by atoms with Gasteiger partial charge in [0.05, 0.1) is 6.73 Å². The van der Waals surface area contributed by atoms with Crippen molar-refractivity contribution in [1.29, 1.82) is 0 Å². The van der Waals surface area contributed by atoms with Gasteiger partial charge < -0.3 is 29.7 Å². The molecule has 0 fully saturated rings. The Morgan fingerprint density at radius 2 is 1.50 bits per heavy atom. The molecule has 0 aliphatic heterocycles. The van der Waals surface area contributed by atoms with Crippen LogP contribution in [0.4, 0.5) is 0 Å². The van der Waals surface area contributed by atoms with Gasteiger partial charge in [-0.25, -0.2) is 0 Å². The van der Waals surface area contributed by atoms with E-state index in [1.165, 1.54) is 5.56 Å². The predicted molar refractivity (Wildman–Crippen MR) is 117 cm³/mol. The topological polar surface area (TPSA) is 111 Å². The summed E-state index contributed by atoms with van der Waals surface area (Å²) in [5.41, 5.74) is 11.8. The third kappa shape index (κ3) is 6.30. The molecule has 0 atom stereocenters. The molecule has 0 aliphatic rings.